The van der Waals surface area contributed by atoms with Gasteiger partial charge in [0.2, 0.25) is 0 Å². The molecule has 1 saturated heterocycles. The fraction of sp³-hybridized carbons (Fsp3) is 0.267. The van der Waals surface area contributed by atoms with Crippen LogP contribution in [0.5, 0.6) is 11.5 Å². The smallest absolute Gasteiger partial charge is 0.300 e. The second kappa shape index (κ2) is 10.7. The lowest BCUT2D eigenvalue weighted by Crippen LogP contribution is -2.29. The summed E-state index contributed by atoms with van der Waals surface area (Å²) in [6.07, 6.45) is 0. The number of rotatable bonds is 7. The minimum Gasteiger partial charge on any atom is -0.507 e. The number of carbonyl (C=O) groups is 2. The number of benzene rings is 3. The number of hydrogen-bond acceptors (Lipinski definition) is 5. The molecule has 3 aromatic carbocycles. The fourth-order valence-electron chi connectivity index (χ4n) is 4.41. The average molecular weight is 520 g/mol. The van der Waals surface area contributed by atoms with E-state index in [1.807, 2.05) is 44.2 Å². The van der Waals surface area contributed by atoms with Crippen LogP contribution in [-0.2, 0) is 9.59 Å². The first-order chi connectivity index (χ1) is 17.6. The molecule has 0 aliphatic carbocycles. The van der Waals surface area contributed by atoms with Gasteiger partial charge < -0.3 is 14.6 Å². The van der Waals surface area contributed by atoms with Gasteiger partial charge >= 0.3 is 0 Å². The number of amides is 1. The third-order valence-corrected chi connectivity index (χ3v) is 6.44. The standard InChI is InChI=1S/C30H30ClNO5/c1-17(2)16-37-22-8-6-7-20(15-22)26-25(27(33)23-13-19(4)14-24(31)29(23)36-5)28(34)30(35)32(26)21-11-9-18(3)10-12-21/h6-15,17,26,33H,16H2,1-5H3/b27-25+. The van der Waals surface area contributed by atoms with Crippen molar-refractivity contribution in [2.75, 3.05) is 18.6 Å². The monoisotopic (exact) mass is 519 g/mol. The van der Waals surface area contributed by atoms with Gasteiger partial charge in [0.1, 0.15) is 17.3 Å². The number of carbonyl (C=O) groups excluding carboxylic acids is 2. The number of methoxy groups -OCH3 is 1. The third-order valence-electron chi connectivity index (χ3n) is 6.16. The molecule has 1 aliphatic heterocycles. The van der Waals surface area contributed by atoms with Gasteiger partial charge in [-0.15, -0.1) is 0 Å². The predicted octanol–water partition coefficient (Wildman–Crippen LogP) is 6.63. The van der Waals surface area contributed by atoms with Gasteiger partial charge in [-0.2, -0.15) is 0 Å². The van der Waals surface area contributed by atoms with Gasteiger partial charge in [0.15, 0.2) is 0 Å². The van der Waals surface area contributed by atoms with Crippen LogP contribution in [0, 0.1) is 19.8 Å². The summed E-state index contributed by atoms with van der Waals surface area (Å²) in [5.41, 5.74) is 3.14. The van der Waals surface area contributed by atoms with Gasteiger partial charge in [0.05, 0.1) is 35.9 Å². The highest BCUT2D eigenvalue weighted by Gasteiger charge is 2.47. The molecule has 0 saturated carbocycles. The van der Waals surface area contributed by atoms with Crippen LogP contribution in [0.4, 0.5) is 5.69 Å². The van der Waals surface area contributed by atoms with Gasteiger partial charge in [-0.1, -0.05) is 55.3 Å². The number of halogens is 1. The summed E-state index contributed by atoms with van der Waals surface area (Å²) in [4.78, 5) is 28.4. The van der Waals surface area contributed by atoms with Crippen molar-refractivity contribution in [2.24, 2.45) is 5.92 Å². The lowest BCUT2D eigenvalue weighted by Gasteiger charge is -2.26. The van der Waals surface area contributed by atoms with Crippen molar-refractivity contribution in [1.82, 2.24) is 0 Å². The molecule has 192 valence electrons. The van der Waals surface area contributed by atoms with Gasteiger partial charge in [0.25, 0.3) is 11.7 Å². The zero-order chi connectivity index (χ0) is 26.9. The lowest BCUT2D eigenvalue weighted by molar-refractivity contribution is -0.132. The number of Topliss-reactive ketones (excluding diaryl/α,β-unsaturated/α-hetero) is 1. The topological polar surface area (TPSA) is 76.1 Å². The van der Waals surface area contributed by atoms with E-state index < -0.39 is 17.7 Å². The first-order valence-electron chi connectivity index (χ1n) is 12.1. The van der Waals surface area contributed by atoms with Crippen LogP contribution in [-0.4, -0.2) is 30.5 Å². The van der Waals surface area contributed by atoms with Crippen molar-refractivity contribution in [3.63, 3.8) is 0 Å². The maximum absolute atomic E-state index is 13.5. The Morgan fingerprint density at radius 3 is 2.38 bits per heavy atom. The van der Waals surface area contributed by atoms with Crippen LogP contribution in [0.1, 0.15) is 42.1 Å². The van der Waals surface area contributed by atoms with Crippen LogP contribution in [0.25, 0.3) is 5.76 Å². The Labute approximate surface area is 222 Å². The maximum Gasteiger partial charge on any atom is 0.300 e. The fourth-order valence-corrected chi connectivity index (χ4v) is 4.77. The molecule has 1 unspecified atom stereocenters. The molecule has 0 bridgehead atoms. The molecule has 0 aromatic heterocycles. The Hall–Kier alpha value is -3.77. The molecule has 4 rings (SSSR count). The number of anilines is 1. The van der Waals surface area contributed by atoms with E-state index >= 15 is 0 Å². The normalized spacial score (nSPS) is 16.9. The van der Waals surface area contributed by atoms with E-state index in [0.29, 0.717) is 29.5 Å². The SMILES string of the molecule is COc1c(Cl)cc(C)cc1/C(O)=C1\C(=O)C(=O)N(c2ccc(C)cc2)C1c1cccc(OCC(C)C)c1. The number of aryl methyl sites for hydroxylation is 2. The molecule has 0 spiro atoms. The molecule has 37 heavy (non-hydrogen) atoms. The summed E-state index contributed by atoms with van der Waals surface area (Å²) in [5, 5.41) is 11.9. The average Bonchev–Trinajstić information content (AvgIpc) is 3.13. The molecule has 0 radical (unpaired) electrons. The Bertz CT molecular complexity index is 1380. The number of ether oxygens (including phenoxy) is 2. The number of nitrogens with zero attached hydrogens (tertiary/aromatic N) is 1. The Morgan fingerprint density at radius 1 is 1.03 bits per heavy atom. The van der Waals surface area contributed by atoms with E-state index in [1.54, 1.807) is 30.3 Å². The minimum absolute atomic E-state index is 0.0495. The summed E-state index contributed by atoms with van der Waals surface area (Å²) in [6, 6.07) is 17.1. The molecule has 1 N–H and O–H groups in total. The molecule has 1 heterocycles. The van der Waals surface area contributed by atoms with E-state index in [-0.39, 0.29) is 27.7 Å². The zero-order valence-electron chi connectivity index (χ0n) is 21.5. The van der Waals surface area contributed by atoms with Crippen LogP contribution < -0.4 is 14.4 Å². The van der Waals surface area contributed by atoms with Crippen LogP contribution >= 0.6 is 11.6 Å². The summed E-state index contributed by atoms with van der Waals surface area (Å²) >= 11 is 6.39. The van der Waals surface area contributed by atoms with Crippen molar-refractivity contribution in [1.29, 1.82) is 0 Å². The minimum atomic E-state index is -0.894. The molecular formula is C30H30ClNO5. The molecule has 6 nitrogen and oxygen atoms in total. The highest BCUT2D eigenvalue weighted by Crippen LogP contribution is 2.45. The van der Waals surface area contributed by atoms with Crippen LogP contribution in [0.15, 0.2) is 66.2 Å². The molecule has 1 amide bonds. The van der Waals surface area contributed by atoms with Gasteiger partial charge in [-0.3, -0.25) is 14.5 Å². The first kappa shape index (κ1) is 26.3. The van der Waals surface area contributed by atoms with Crippen molar-refractivity contribution in [2.45, 2.75) is 33.7 Å². The summed E-state index contributed by atoms with van der Waals surface area (Å²) in [5.74, 6) is -0.733. The maximum atomic E-state index is 13.5. The Morgan fingerprint density at radius 2 is 1.73 bits per heavy atom. The molecule has 1 fully saturated rings. The number of aliphatic hydroxyl groups is 1. The largest absolute Gasteiger partial charge is 0.507 e. The van der Waals surface area contributed by atoms with E-state index in [1.165, 1.54) is 12.0 Å². The summed E-state index contributed by atoms with van der Waals surface area (Å²) in [6.45, 7) is 8.38. The highest BCUT2D eigenvalue weighted by atomic mass is 35.5. The van der Waals surface area contributed by atoms with Gasteiger partial charge in [-0.05, 0) is 67.3 Å². The molecule has 7 heteroatoms. The Balaban J connectivity index is 1.96. The van der Waals surface area contributed by atoms with Gasteiger partial charge in [0, 0.05) is 5.69 Å². The van der Waals surface area contributed by atoms with E-state index in [9.17, 15) is 14.7 Å². The number of hydrogen-bond donors (Lipinski definition) is 1. The van der Waals surface area contributed by atoms with Crippen molar-refractivity contribution >= 4 is 34.7 Å². The summed E-state index contributed by atoms with van der Waals surface area (Å²) < 4.78 is 11.4. The van der Waals surface area contributed by atoms with Crippen LogP contribution in [0.2, 0.25) is 5.02 Å². The molecule has 3 aromatic rings. The highest BCUT2D eigenvalue weighted by molar-refractivity contribution is 6.51. The zero-order valence-corrected chi connectivity index (χ0v) is 22.3. The van der Waals surface area contributed by atoms with E-state index in [4.69, 9.17) is 21.1 Å². The molecule has 1 aliphatic rings. The van der Waals surface area contributed by atoms with E-state index in [2.05, 4.69) is 13.8 Å². The van der Waals surface area contributed by atoms with Gasteiger partial charge in [-0.25, -0.2) is 0 Å². The lowest BCUT2D eigenvalue weighted by atomic mass is 9.94. The predicted molar refractivity (Wildman–Crippen MR) is 145 cm³/mol. The van der Waals surface area contributed by atoms with Crippen molar-refractivity contribution in [3.8, 4) is 11.5 Å². The Kier molecular flexibility index (Phi) is 7.60. The molecular weight excluding hydrogens is 490 g/mol. The van der Waals surface area contributed by atoms with Crippen molar-refractivity contribution in [3.05, 3.63) is 93.5 Å². The number of aliphatic hydroxyl groups excluding tert-OH is 1. The second-order valence-electron chi connectivity index (χ2n) is 9.61. The third kappa shape index (κ3) is 5.20. The van der Waals surface area contributed by atoms with Crippen molar-refractivity contribution < 1.29 is 24.2 Å². The van der Waals surface area contributed by atoms with Crippen LogP contribution in [0.3, 0.4) is 0 Å². The summed E-state index contributed by atoms with van der Waals surface area (Å²) in [7, 11) is 1.44. The quantitative estimate of drug-likeness (QED) is 0.215. The second-order valence-corrected chi connectivity index (χ2v) is 10.0. The first-order valence-corrected chi connectivity index (χ1v) is 12.4. The molecule has 1 atom stereocenters. The van der Waals surface area contributed by atoms with E-state index in [0.717, 1.165) is 11.1 Å². The number of ketones is 1.